The molecule has 4 heteroatoms. The number of carbonyl (C=O) groups excluding carboxylic acids is 2. The fourth-order valence-electron chi connectivity index (χ4n) is 0.963. The molecule has 68 valence electrons. The van der Waals surface area contributed by atoms with Crippen LogP contribution in [0.4, 0.5) is 4.39 Å². The molecule has 13 heavy (non-hydrogen) atoms. The predicted octanol–water partition coefficient (Wildman–Crippen LogP) is 1.45. The SMILES string of the molecule is Cc1cc(F)ccc1C(=O)OC=O. The molecule has 0 aliphatic rings. The highest BCUT2D eigenvalue weighted by Crippen LogP contribution is 2.10. The maximum Gasteiger partial charge on any atom is 0.345 e. The number of ether oxygens (including phenoxy) is 1. The maximum atomic E-state index is 12.6. The first kappa shape index (κ1) is 9.38. The summed E-state index contributed by atoms with van der Waals surface area (Å²) < 4.78 is 16.7. The number of benzene rings is 1. The summed E-state index contributed by atoms with van der Waals surface area (Å²) in [5, 5.41) is 0. The van der Waals surface area contributed by atoms with Gasteiger partial charge in [-0.1, -0.05) is 0 Å². The van der Waals surface area contributed by atoms with Crippen LogP contribution in [0.25, 0.3) is 0 Å². The van der Waals surface area contributed by atoms with Gasteiger partial charge in [0.2, 0.25) is 0 Å². The number of halogens is 1. The van der Waals surface area contributed by atoms with Gasteiger partial charge in [0.25, 0.3) is 0 Å². The maximum absolute atomic E-state index is 12.6. The molecule has 0 atom stereocenters. The predicted molar refractivity (Wildman–Crippen MR) is 42.6 cm³/mol. The number of hydrogen-bond donors (Lipinski definition) is 0. The summed E-state index contributed by atoms with van der Waals surface area (Å²) in [7, 11) is 0. The third-order valence-electron chi connectivity index (χ3n) is 1.56. The Kier molecular flexibility index (Phi) is 2.74. The molecule has 0 aliphatic carbocycles. The largest absolute Gasteiger partial charge is 0.392 e. The first-order valence-electron chi connectivity index (χ1n) is 3.56. The van der Waals surface area contributed by atoms with Crippen LogP contribution in [0.3, 0.4) is 0 Å². The number of aryl methyl sites for hydroxylation is 1. The van der Waals surface area contributed by atoms with Gasteiger partial charge in [-0.05, 0) is 30.7 Å². The molecule has 0 aliphatic heterocycles. The molecular formula is C9H7FO3. The smallest absolute Gasteiger partial charge is 0.345 e. The molecule has 0 unspecified atom stereocenters. The van der Waals surface area contributed by atoms with E-state index in [1.54, 1.807) is 6.92 Å². The van der Waals surface area contributed by atoms with Gasteiger partial charge < -0.3 is 4.74 Å². The van der Waals surface area contributed by atoms with Crippen molar-refractivity contribution in [2.75, 3.05) is 0 Å². The van der Waals surface area contributed by atoms with Crippen molar-refractivity contribution in [2.24, 2.45) is 0 Å². The molecule has 0 spiro atoms. The Hall–Kier alpha value is -1.71. The van der Waals surface area contributed by atoms with Crippen molar-refractivity contribution >= 4 is 12.4 Å². The Morgan fingerprint density at radius 3 is 2.77 bits per heavy atom. The van der Waals surface area contributed by atoms with Gasteiger partial charge in [-0.25, -0.2) is 9.18 Å². The number of hydrogen-bond acceptors (Lipinski definition) is 3. The highest BCUT2D eigenvalue weighted by atomic mass is 19.1. The molecule has 0 saturated carbocycles. The van der Waals surface area contributed by atoms with Crippen LogP contribution in [0.1, 0.15) is 15.9 Å². The van der Waals surface area contributed by atoms with Crippen LogP contribution in [0.5, 0.6) is 0 Å². The van der Waals surface area contributed by atoms with Gasteiger partial charge in [-0.2, -0.15) is 0 Å². The van der Waals surface area contributed by atoms with E-state index < -0.39 is 11.8 Å². The van der Waals surface area contributed by atoms with Gasteiger partial charge in [0.05, 0.1) is 5.56 Å². The Bertz CT molecular complexity index is 347. The average molecular weight is 182 g/mol. The van der Waals surface area contributed by atoms with Gasteiger partial charge in [-0.3, -0.25) is 4.79 Å². The van der Waals surface area contributed by atoms with Crippen molar-refractivity contribution in [3.63, 3.8) is 0 Å². The summed E-state index contributed by atoms with van der Waals surface area (Å²) in [4.78, 5) is 20.9. The summed E-state index contributed by atoms with van der Waals surface area (Å²) in [6.45, 7) is 1.61. The Morgan fingerprint density at radius 1 is 1.54 bits per heavy atom. The van der Waals surface area contributed by atoms with Crippen LogP contribution in [0.2, 0.25) is 0 Å². The molecule has 0 N–H and O–H groups in total. The molecule has 1 aromatic carbocycles. The molecule has 1 aromatic rings. The van der Waals surface area contributed by atoms with Gasteiger partial charge in [0, 0.05) is 0 Å². The second-order valence-electron chi connectivity index (χ2n) is 2.46. The van der Waals surface area contributed by atoms with Crippen LogP contribution in [0.15, 0.2) is 18.2 Å². The Balaban J connectivity index is 3.01. The van der Waals surface area contributed by atoms with E-state index in [9.17, 15) is 14.0 Å². The second kappa shape index (κ2) is 3.80. The topological polar surface area (TPSA) is 43.4 Å². The van der Waals surface area contributed by atoms with E-state index in [1.165, 1.54) is 12.1 Å². The molecule has 0 radical (unpaired) electrons. The standard InChI is InChI=1S/C9H7FO3/c1-6-4-7(10)2-3-8(6)9(12)13-5-11/h2-5H,1H3. The van der Waals surface area contributed by atoms with E-state index in [0.29, 0.717) is 5.56 Å². The number of rotatable bonds is 2. The van der Waals surface area contributed by atoms with E-state index in [0.717, 1.165) is 6.07 Å². The van der Waals surface area contributed by atoms with E-state index in [4.69, 9.17) is 0 Å². The normalized spacial score (nSPS) is 9.38. The fraction of sp³-hybridized carbons (Fsp3) is 0.111. The lowest BCUT2D eigenvalue weighted by Crippen LogP contribution is -2.05. The van der Waals surface area contributed by atoms with Crippen molar-refractivity contribution in [1.29, 1.82) is 0 Å². The summed E-state index contributed by atoms with van der Waals surface area (Å²) >= 11 is 0. The first-order valence-corrected chi connectivity index (χ1v) is 3.56. The van der Waals surface area contributed by atoms with Crippen molar-refractivity contribution < 1.29 is 18.7 Å². The lowest BCUT2D eigenvalue weighted by Gasteiger charge is -2.01. The minimum atomic E-state index is -0.771. The molecule has 1 rings (SSSR count). The summed E-state index contributed by atoms with van der Waals surface area (Å²) in [5.41, 5.74) is 0.625. The molecule has 0 aromatic heterocycles. The fourth-order valence-corrected chi connectivity index (χ4v) is 0.963. The summed E-state index contributed by atoms with van der Waals surface area (Å²) in [5.74, 6) is -1.20. The van der Waals surface area contributed by atoms with Crippen LogP contribution < -0.4 is 0 Å². The van der Waals surface area contributed by atoms with Gasteiger partial charge in [0.1, 0.15) is 5.82 Å². The molecular weight excluding hydrogens is 175 g/mol. The van der Waals surface area contributed by atoms with E-state index in [-0.39, 0.29) is 12.0 Å². The van der Waals surface area contributed by atoms with Gasteiger partial charge in [0.15, 0.2) is 0 Å². The summed E-state index contributed by atoms with van der Waals surface area (Å²) in [6.07, 6.45) is 0. The first-order chi connectivity index (χ1) is 6.15. The van der Waals surface area contributed by atoms with E-state index in [1.807, 2.05) is 0 Å². The highest BCUT2D eigenvalue weighted by Gasteiger charge is 2.10. The highest BCUT2D eigenvalue weighted by molar-refractivity contribution is 5.94. The van der Waals surface area contributed by atoms with Crippen molar-refractivity contribution in [2.45, 2.75) is 6.92 Å². The van der Waals surface area contributed by atoms with Crippen molar-refractivity contribution in [3.8, 4) is 0 Å². The third kappa shape index (κ3) is 2.11. The molecule has 0 bridgehead atoms. The lowest BCUT2D eigenvalue weighted by molar-refractivity contribution is -0.123. The lowest BCUT2D eigenvalue weighted by atomic mass is 10.1. The number of esters is 1. The molecule has 0 fully saturated rings. The quantitative estimate of drug-likeness (QED) is 0.395. The Labute approximate surface area is 74.1 Å². The zero-order chi connectivity index (χ0) is 9.84. The molecule has 0 amide bonds. The molecule has 0 saturated heterocycles. The molecule has 0 heterocycles. The van der Waals surface area contributed by atoms with Crippen LogP contribution in [-0.2, 0) is 9.53 Å². The Morgan fingerprint density at radius 2 is 2.23 bits per heavy atom. The van der Waals surface area contributed by atoms with Gasteiger partial charge in [-0.15, -0.1) is 0 Å². The molecule has 3 nitrogen and oxygen atoms in total. The van der Waals surface area contributed by atoms with Crippen molar-refractivity contribution in [3.05, 3.63) is 35.1 Å². The monoisotopic (exact) mass is 182 g/mol. The van der Waals surface area contributed by atoms with E-state index in [2.05, 4.69) is 4.74 Å². The minimum absolute atomic E-state index is 0.0468. The van der Waals surface area contributed by atoms with Crippen LogP contribution in [-0.4, -0.2) is 12.4 Å². The summed E-state index contributed by atoms with van der Waals surface area (Å²) in [6, 6.07) is 3.60. The second-order valence-corrected chi connectivity index (χ2v) is 2.46. The van der Waals surface area contributed by atoms with Crippen molar-refractivity contribution in [1.82, 2.24) is 0 Å². The van der Waals surface area contributed by atoms with Crippen LogP contribution >= 0.6 is 0 Å². The zero-order valence-electron chi connectivity index (χ0n) is 6.91. The third-order valence-corrected chi connectivity index (χ3v) is 1.56. The van der Waals surface area contributed by atoms with Crippen LogP contribution in [0, 0.1) is 12.7 Å². The minimum Gasteiger partial charge on any atom is -0.392 e. The number of carbonyl (C=O) groups is 2. The average Bonchev–Trinajstić information content (AvgIpc) is 2.04. The zero-order valence-corrected chi connectivity index (χ0v) is 6.91. The van der Waals surface area contributed by atoms with E-state index >= 15 is 0 Å². The van der Waals surface area contributed by atoms with Gasteiger partial charge >= 0.3 is 12.4 Å².